The summed E-state index contributed by atoms with van der Waals surface area (Å²) in [6, 6.07) is -4.24. The first-order valence-corrected chi connectivity index (χ1v) is 10.3. The Morgan fingerprint density at radius 2 is 1.23 bits per heavy atom. The minimum absolute atomic E-state index is 0.0409. The maximum atomic E-state index is 12.8. The zero-order chi connectivity index (χ0) is 23.8. The highest BCUT2D eigenvalue weighted by molar-refractivity contribution is 5.94. The van der Waals surface area contributed by atoms with Gasteiger partial charge >= 0.3 is 5.97 Å². The molecule has 10 nitrogen and oxygen atoms in total. The molecule has 30 heavy (non-hydrogen) atoms. The van der Waals surface area contributed by atoms with Gasteiger partial charge in [-0.25, -0.2) is 4.79 Å². The number of nitrogens with one attached hydrogen (secondary N) is 3. The van der Waals surface area contributed by atoms with E-state index >= 15 is 0 Å². The van der Waals surface area contributed by atoms with Crippen molar-refractivity contribution in [3.05, 3.63) is 0 Å². The molecule has 0 bridgehead atoms. The Kier molecular flexibility index (Phi) is 11.6. The highest BCUT2D eigenvalue weighted by Gasteiger charge is 2.33. The molecule has 5 atom stereocenters. The van der Waals surface area contributed by atoms with E-state index in [0.29, 0.717) is 0 Å². The number of aliphatic hydroxyl groups excluding tert-OH is 1. The van der Waals surface area contributed by atoms with Crippen LogP contribution in [-0.4, -0.2) is 64.2 Å². The van der Waals surface area contributed by atoms with Crippen LogP contribution in [-0.2, 0) is 19.2 Å². The quantitative estimate of drug-likeness (QED) is 0.244. The molecule has 0 aromatic rings. The first kappa shape index (κ1) is 27.8. The monoisotopic (exact) mass is 430 g/mol. The number of carbonyl (C=O) groups excluding carboxylic acids is 3. The molecule has 0 aliphatic carbocycles. The number of carbonyl (C=O) groups is 4. The number of carboxylic acid groups (broad SMARTS) is 1. The second kappa shape index (κ2) is 12.5. The standard InChI is InChI=1S/C20H38N4O6/c1-9(2)8-13(17(26)24-16(11(5)6)20(29)30)22-19(28)15(10(3)4)23-18(27)14(21)12(7)25/h9-16,25H,8,21H2,1-7H3,(H,22,28)(H,23,27)(H,24,26)(H,29,30). The Morgan fingerprint density at radius 1 is 0.767 bits per heavy atom. The molecule has 10 heteroatoms. The van der Waals surface area contributed by atoms with Gasteiger partial charge in [0.1, 0.15) is 24.2 Å². The molecule has 0 heterocycles. The average Bonchev–Trinajstić information content (AvgIpc) is 2.60. The molecule has 7 N–H and O–H groups in total. The molecule has 0 saturated carbocycles. The molecule has 3 amide bonds. The highest BCUT2D eigenvalue weighted by atomic mass is 16.4. The summed E-state index contributed by atoms with van der Waals surface area (Å²) in [5, 5.41) is 26.4. The summed E-state index contributed by atoms with van der Waals surface area (Å²) in [7, 11) is 0. The van der Waals surface area contributed by atoms with Crippen LogP contribution in [0.4, 0.5) is 0 Å². The lowest BCUT2D eigenvalue weighted by molar-refractivity contribution is -0.143. The van der Waals surface area contributed by atoms with Crippen LogP contribution < -0.4 is 21.7 Å². The van der Waals surface area contributed by atoms with E-state index in [2.05, 4.69) is 16.0 Å². The summed E-state index contributed by atoms with van der Waals surface area (Å²) in [4.78, 5) is 49.1. The van der Waals surface area contributed by atoms with Gasteiger partial charge < -0.3 is 31.9 Å². The molecule has 5 unspecified atom stereocenters. The molecule has 0 saturated heterocycles. The van der Waals surface area contributed by atoms with Crippen LogP contribution in [0.25, 0.3) is 0 Å². The van der Waals surface area contributed by atoms with Gasteiger partial charge in [-0.05, 0) is 31.1 Å². The van der Waals surface area contributed by atoms with Crippen molar-refractivity contribution in [1.29, 1.82) is 0 Å². The topological polar surface area (TPSA) is 171 Å². The summed E-state index contributed by atoms with van der Waals surface area (Å²) in [6.07, 6.45) is -0.808. The van der Waals surface area contributed by atoms with E-state index in [0.717, 1.165) is 0 Å². The minimum atomic E-state index is -1.20. The third kappa shape index (κ3) is 9.08. The Hall–Kier alpha value is -2.20. The van der Waals surface area contributed by atoms with E-state index < -0.39 is 54.0 Å². The molecule has 0 aliphatic rings. The van der Waals surface area contributed by atoms with Gasteiger partial charge in [0.25, 0.3) is 0 Å². The van der Waals surface area contributed by atoms with Gasteiger partial charge in [0.05, 0.1) is 6.10 Å². The number of hydrogen-bond acceptors (Lipinski definition) is 6. The zero-order valence-corrected chi connectivity index (χ0v) is 18.9. The second-order valence-corrected chi connectivity index (χ2v) is 8.76. The van der Waals surface area contributed by atoms with Crippen molar-refractivity contribution in [3.63, 3.8) is 0 Å². The van der Waals surface area contributed by atoms with Crippen molar-refractivity contribution in [2.24, 2.45) is 23.5 Å². The lowest BCUT2D eigenvalue weighted by atomic mass is 9.98. The van der Waals surface area contributed by atoms with Crippen LogP contribution in [0.2, 0.25) is 0 Å². The second-order valence-electron chi connectivity index (χ2n) is 8.76. The number of aliphatic hydroxyl groups is 1. The van der Waals surface area contributed by atoms with E-state index in [4.69, 9.17) is 5.73 Å². The number of rotatable bonds is 12. The minimum Gasteiger partial charge on any atom is -0.480 e. The summed E-state index contributed by atoms with van der Waals surface area (Å²) >= 11 is 0. The fourth-order valence-electron chi connectivity index (χ4n) is 2.74. The van der Waals surface area contributed by atoms with Gasteiger partial charge in [-0.15, -0.1) is 0 Å². The normalized spacial score (nSPS) is 16.5. The summed E-state index contributed by atoms with van der Waals surface area (Å²) < 4.78 is 0. The lowest BCUT2D eigenvalue weighted by Crippen LogP contribution is -2.59. The molecular weight excluding hydrogens is 392 g/mol. The molecule has 0 aromatic carbocycles. The maximum Gasteiger partial charge on any atom is 0.326 e. The SMILES string of the molecule is CC(C)CC(NC(=O)C(NC(=O)C(N)C(C)O)C(C)C)C(=O)NC(C(=O)O)C(C)C. The summed E-state index contributed by atoms with van der Waals surface area (Å²) in [6.45, 7) is 11.9. The van der Waals surface area contributed by atoms with Gasteiger partial charge in [-0.2, -0.15) is 0 Å². The molecule has 0 radical (unpaired) electrons. The van der Waals surface area contributed by atoms with Crippen LogP contribution in [0.3, 0.4) is 0 Å². The first-order chi connectivity index (χ1) is 13.7. The number of amides is 3. The molecule has 0 rings (SSSR count). The lowest BCUT2D eigenvalue weighted by Gasteiger charge is -2.28. The molecule has 0 aliphatic heterocycles. The van der Waals surface area contributed by atoms with Crippen molar-refractivity contribution in [3.8, 4) is 0 Å². The van der Waals surface area contributed by atoms with E-state index in [1.807, 2.05) is 13.8 Å². The average molecular weight is 431 g/mol. The van der Waals surface area contributed by atoms with Crippen LogP contribution in [0, 0.1) is 17.8 Å². The number of aliphatic carboxylic acids is 1. The van der Waals surface area contributed by atoms with Crippen LogP contribution in [0.15, 0.2) is 0 Å². The molecule has 0 spiro atoms. The van der Waals surface area contributed by atoms with Gasteiger partial charge in [0.15, 0.2) is 0 Å². The third-order valence-corrected chi connectivity index (χ3v) is 4.64. The molecule has 0 fully saturated rings. The summed E-state index contributed by atoms with van der Waals surface area (Å²) in [5.41, 5.74) is 5.62. The van der Waals surface area contributed by atoms with Crippen LogP contribution in [0.1, 0.15) is 54.9 Å². The largest absolute Gasteiger partial charge is 0.480 e. The fraction of sp³-hybridized carbons (Fsp3) is 0.800. The van der Waals surface area contributed by atoms with Crippen molar-refractivity contribution in [2.45, 2.75) is 85.2 Å². The molecule has 0 aromatic heterocycles. The fourth-order valence-corrected chi connectivity index (χ4v) is 2.74. The van der Waals surface area contributed by atoms with Crippen molar-refractivity contribution in [2.75, 3.05) is 0 Å². The molecular formula is C20H38N4O6. The van der Waals surface area contributed by atoms with E-state index in [1.165, 1.54) is 6.92 Å². The van der Waals surface area contributed by atoms with Gasteiger partial charge in [0.2, 0.25) is 17.7 Å². The van der Waals surface area contributed by atoms with Crippen molar-refractivity contribution < 1.29 is 29.4 Å². The third-order valence-electron chi connectivity index (χ3n) is 4.64. The Labute approximate surface area is 178 Å². The number of carboxylic acids is 1. The molecule has 174 valence electrons. The Balaban J connectivity index is 5.45. The predicted octanol–water partition coefficient (Wildman–Crippen LogP) is -0.408. The zero-order valence-electron chi connectivity index (χ0n) is 18.9. The van der Waals surface area contributed by atoms with Gasteiger partial charge in [-0.1, -0.05) is 41.5 Å². The van der Waals surface area contributed by atoms with E-state index in [-0.39, 0.29) is 24.2 Å². The Bertz CT molecular complexity index is 606. The van der Waals surface area contributed by atoms with Crippen molar-refractivity contribution in [1.82, 2.24) is 16.0 Å². The highest BCUT2D eigenvalue weighted by Crippen LogP contribution is 2.10. The van der Waals surface area contributed by atoms with Crippen LogP contribution in [0.5, 0.6) is 0 Å². The van der Waals surface area contributed by atoms with Crippen molar-refractivity contribution >= 4 is 23.7 Å². The maximum absolute atomic E-state index is 12.8. The number of hydrogen-bond donors (Lipinski definition) is 6. The first-order valence-electron chi connectivity index (χ1n) is 10.3. The smallest absolute Gasteiger partial charge is 0.326 e. The van der Waals surface area contributed by atoms with E-state index in [1.54, 1.807) is 27.7 Å². The van der Waals surface area contributed by atoms with Gasteiger partial charge in [0, 0.05) is 0 Å². The number of nitrogens with two attached hydrogens (primary N) is 1. The summed E-state index contributed by atoms with van der Waals surface area (Å²) in [5.74, 6) is -3.66. The van der Waals surface area contributed by atoms with E-state index in [9.17, 15) is 29.4 Å². The Morgan fingerprint density at radius 3 is 1.60 bits per heavy atom. The van der Waals surface area contributed by atoms with Crippen LogP contribution >= 0.6 is 0 Å². The predicted molar refractivity (Wildman–Crippen MR) is 112 cm³/mol. The van der Waals surface area contributed by atoms with Gasteiger partial charge in [-0.3, -0.25) is 14.4 Å².